The topological polar surface area (TPSA) is 133 Å². The van der Waals surface area contributed by atoms with Crippen LogP contribution in [0.15, 0.2) is 21.7 Å². The molecule has 21 heavy (non-hydrogen) atoms. The molecule has 1 rings (SSSR count). The Labute approximate surface area is 119 Å². The van der Waals surface area contributed by atoms with Crippen LogP contribution in [0.5, 0.6) is 0 Å². The number of carbonyl (C=O) groups excluding carboxylic acids is 3. The van der Waals surface area contributed by atoms with Crippen LogP contribution in [0, 0.1) is 0 Å². The lowest BCUT2D eigenvalue weighted by atomic mass is 10.3. The van der Waals surface area contributed by atoms with Crippen LogP contribution in [-0.2, 0) is 9.47 Å². The molecule has 0 atom stereocenters. The van der Waals surface area contributed by atoms with Crippen molar-refractivity contribution in [2.45, 2.75) is 13.8 Å². The predicted octanol–water partition coefficient (Wildman–Crippen LogP) is 0.117. The van der Waals surface area contributed by atoms with E-state index in [0.717, 1.165) is 0 Å². The third-order valence-corrected chi connectivity index (χ3v) is 2.03. The highest BCUT2D eigenvalue weighted by Crippen LogP contribution is 2.05. The van der Waals surface area contributed by atoms with E-state index in [9.17, 15) is 14.4 Å². The molecule has 1 aromatic heterocycles. The summed E-state index contributed by atoms with van der Waals surface area (Å²) in [4.78, 5) is 33.9. The normalized spacial score (nSPS) is 9.62. The van der Waals surface area contributed by atoms with Crippen LogP contribution < -0.4 is 16.5 Å². The van der Waals surface area contributed by atoms with Crippen molar-refractivity contribution in [3.8, 4) is 0 Å². The summed E-state index contributed by atoms with van der Waals surface area (Å²) in [5.74, 6) is -2.07. The zero-order valence-electron chi connectivity index (χ0n) is 11.5. The van der Waals surface area contributed by atoms with Crippen molar-refractivity contribution in [1.82, 2.24) is 5.43 Å². The molecular formula is C12H15N3O6. The Morgan fingerprint density at radius 3 is 2.00 bits per heavy atom. The molecule has 9 heteroatoms. The van der Waals surface area contributed by atoms with Crippen molar-refractivity contribution >= 4 is 18.0 Å². The van der Waals surface area contributed by atoms with Gasteiger partial charge in [-0.15, -0.1) is 0 Å². The smallest absolute Gasteiger partial charge is 0.374 e. The molecule has 114 valence electrons. The van der Waals surface area contributed by atoms with E-state index in [2.05, 4.69) is 5.10 Å². The molecule has 9 nitrogen and oxygen atoms in total. The number of carbonyl (C=O) groups is 3. The van der Waals surface area contributed by atoms with Crippen LogP contribution in [0.3, 0.4) is 0 Å². The van der Waals surface area contributed by atoms with Crippen LogP contribution in [0.2, 0.25) is 0 Å². The van der Waals surface area contributed by atoms with Gasteiger partial charge in [-0.25, -0.2) is 19.8 Å². The second-order valence-corrected chi connectivity index (χ2v) is 3.57. The van der Waals surface area contributed by atoms with Crippen molar-refractivity contribution in [2.24, 2.45) is 10.8 Å². The van der Waals surface area contributed by atoms with E-state index in [0.29, 0.717) is 0 Å². The molecule has 1 aromatic rings. The Balaban J connectivity index is 3.25. The van der Waals surface area contributed by atoms with Gasteiger partial charge in [-0.3, -0.25) is 0 Å². The molecule has 0 spiro atoms. The number of amides is 2. The summed E-state index contributed by atoms with van der Waals surface area (Å²) >= 11 is 0. The molecule has 0 aliphatic rings. The van der Waals surface area contributed by atoms with Gasteiger partial charge in [-0.1, -0.05) is 0 Å². The average molecular weight is 297 g/mol. The third kappa shape index (κ3) is 4.97. The second kappa shape index (κ2) is 7.68. The predicted molar refractivity (Wildman–Crippen MR) is 68.9 cm³/mol. The number of rotatable bonds is 5. The lowest BCUT2D eigenvalue weighted by Gasteiger charge is -2.04. The van der Waals surface area contributed by atoms with Gasteiger partial charge < -0.3 is 19.6 Å². The summed E-state index contributed by atoms with van der Waals surface area (Å²) in [6.45, 7) is 3.49. The van der Waals surface area contributed by atoms with E-state index in [1.807, 2.05) is 5.43 Å². The first kappa shape index (κ1) is 16.2. The van der Waals surface area contributed by atoms with Crippen LogP contribution in [0.4, 0.5) is 4.79 Å². The molecule has 0 aliphatic carbocycles. The lowest BCUT2D eigenvalue weighted by molar-refractivity contribution is 0.0446. The van der Waals surface area contributed by atoms with E-state index in [1.165, 1.54) is 12.1 Å². The maximum atomic E-state index is 11.6. The number of hydrogen-bond donors (Lipinski definition) is 2. The summed E-state index contributed by atoms with van der Waals surface area (Å²) in [5.41, 5.74) is 6.86. The van der Waals surface area contributed by atoms with Gasteiger partial charge in [-0.05, 0) is 13.8 Å². The molecule has 1 heterocycles. The maximum Gasteiger partial charge on any atom is 0.374 e. The Morgan fingerprint density at radius 1 is 1.14 bits per heavy atom. The number of ether oxygens (including phenoxy) is 2. The molecule has 0 saturated carbocycles. The second-order valence-electron chi connectivity index (χ2n) is 3.57. The quantitative estimate of drug-likeness (QED) is 0.585. The minimum absolute atomic E-state index is 0.0751. The SMILES string of the molecule is CCOC(=O)c1cc(=NNC(N)=O)cc(C(=O)OCC)o1. The molecule has 0 unspecified atom stereocenters. The Hall–Kier alpha value is -2.84. The molecule has 0 radical (unpaired) electrons. The number of urea groups is 1. The van der Waals surface area contributed by atoms with Gasteiger partial charge in [0.15, 0.2) is 0 Å². The van der Waals surface area contributed by atoms with E-state index >= 15 is 0 Å². The van der Waals surface area contributed by atoms with Gasteiger partial charge in [0.05, 0.1) is 18.6 Å². The van der Waals surface area contributed by atoms with Crippen LogP contribution in [0.1, 0.15) is 35.0 Å². The monoisotopic (exact) mass is 297 g/mol. The summed E-state index contributed by atoms with van der Waals surface area (Å²) in [6.07, 6.45) is 0. The fourth-order valence-corrected chi connectivity index (χ4v) is 1.28. The van der Waals surface area contributed by atoms with Gasteiger partial charge in [0.2, 0.25) is 11.5 Å². The lowest BCUT2D eigenvalue weighted by Crippen LogP contribution is -2.27. The van der Waals surface area contributed by atoms with Crippen molar-refractivity contribution in [3.05, 3.63) is 29.0 Å². The fourth-order valence-electron chi connectivity index (χ4n) is 1.28. The number of hydrogen-bond acceptors (Lipinski definition) is 7. The van der Waals surface area contributed by atoms with E-state index in [-0.39, 0.29) is 30.1 Å². The summed E-state index contributed by atoms with van der Waals surface area (Å²) in [6, 6.07) is 1.49. The highest BCUT2D eigenvalue weighted by atomic mass is 16.6. The minimum atomic E-state index is -0.897. The third-order valence-electron chi connectivity index (χ3n) is 2.03. The van der Waals surface area contributed by atoms with E-state index in [4.69, 9.17) is 19.6 Å². The number of primary amides is 1. The molecule has 0 fully saturated rings. The van der Waals surface area contributed by atoms with Crippen LogP contribution >= 0.6 is 0 Å². The molecule has 0 saturated heterocycles. The zero-order chi connectivity index (χ0) is 15.8. The van der Waals surface area contributed by atoms with Crippen molar-refractivity contribution in [3.63, 3.8) is 0 Å². The first-order valence-corrected chi connectivity index (χ1v) is 6.06. The van der Waals surface area contributed by atoms with Gasteiger partial charge in [-0.2, -0.15) is 5.10 Å². The van der Waals surface area contributed by atoms with Crippen LogP contribution in [0.25, 0.3) is 0 Å². The number of nitrogens with two attached hydrogens (primary N) is 1. The maximum absolute atomic E-state index is 11.6. The van der Waals surface area contributed by atoms with E-state index in [1.54, 1.807) is 13.8 Å². The van der Waals surface area contributed by atoms with Gasteiger partial charge in [0.1, 0.15) is 0 Å². The van der Waals surface area contributed by atoms with Crippen LogP contribution in [-0.4, -0.2) is 31.2 Å². The molecule has 2 amide bonds. The van der Waals surface area contributed by atoms with Gasteiger partial charge in [0.25, 0.3) is 0 Å². The molecule has 0 aliphatic heterocycles. The molecule has 3 N–H and O–H groups in total. The van der Waals surface area contributed by atoms with Crippen molar-refractivity contribution < 1.29 is 28.3 Å². The standard InChI is InChI=1S/C12H15N3O6/c1-3-19-10(16)8-5-7(14-15-12(13)18)6-9(21-8)11(17)20-4-2/h5-6H,3-4H2,1-2H3,(H3,13,15,18). The first-order chi connectivity index (χ1) is 9.97. The van der Waals surface area contributed by atoms with Crippen molar-refractivity contribution in [2.75, 3.05) is 13.2 Å². The van der Waals surface area contributed by atoms with Gasteiger partial charge >= 0.3 is 18.0 Å². The fraction of sp³-hybridized carbons (Fsp3) is 0.333. The first-order valence-electron chi connectivity index (χ1n) is 6.06. The summed E-state index contributed by atoms with van der Waals surface area (Å²) < 4.78 is 14.6. The van der Waals surface area contributed by atoms with E-state index < -0.39 is 18.0 Å². The highest BCUT2D eigenvalue weighted by molar-refractivity contribution is 5.89. The Morgan fingerprint density at radius 2 is 1.62 bits per heavy atom. The van der Waals surface area contributed by atoms with Gasteiger partial charge in [0, 0.05) is 12.1 Å². The summed E-state index contributed by atoms with van der Waals surface area (Å²) in [7, 11) is 0. The zero-order valence-corrected chi connectivity index (χ0v) is 11.5. The Kier molecular flexibility index (Phi) is 5.93. The molecular weight excluding hydrogens is 282 g/mol. The largest absolute Gasteiger partial charge is 0.460 e. The number of esters is 2. The Bertz CT molecular complexity index is 568. The average Bonchev–Trinajstić information content (AvgIpc) is 2.45. The number of nitrogens with one attached hydrogen (secondary N) is 1. The minimum Gasteiger partial charge on any atom is -0.460 e. The highest BCUT2D eigenvalue weighted by Gasteiger charge is 2.16. The number of nitrogens with zero attached hydrogens (tertiary/aromatic N) is 1. The molecule has 0 bridgehead atoms. The van der Waals surface area contributed by atoms with Crippen molar-refractivity contribution in [1.29, 1.82) is 0 Å². The molecule has 0 aromatic carbocycles. The summed E-state index contributed by atoms with van der Waals surface area (Å²) in [5, 5.41) is 3.69.